The molecule has 0 aliphatic heterocycles. The number of aromatic nitrogens is 5. The Morgan fingerprint density at radius 3 is 2.78 bits per heavy atom. The van der Waals surface area contributed by atoms with Crippen molar-refractivity contribution in [2.75, 3.05) is 18.6 Å². The van der Waals surface area contributed by atoms with Gasteiger partial charge in [0, 0.05) is 17.5 Å². The van der Waals surface area contributed by atoms with Crippen molar-refractivity contribution in [1.82, 2.24) is 24.1 Å². The number of rotatable bonds is 6. The monoisotopic (exact) mass is 452 g/mol. The number of Topliss-reactive ketones (excluding diaryl/α,β-unsaturated/α-hetero) is 1. The van der Waals surface area contributed by atoms with E-state index < -0.39 is 17.0 Å². The zero-order chi connectivity index (χ0) is 22.6. The topological polar surface area (TPSA) is 137 Å². The third-order valence-electron chi connectivity index (χ3n) is 5.58. The average molecular weight is 452 g/mol. The Hall–Kier alpha value is -3.60. The summed E-state index contributed by atoms with van der Waals surface area (Å²) in [4.78, 5) is 39.6. The number of aryl methyl sites for hydroxylation is 1. The number of benzene rings is 1. The summed E-state index contributed by atoms with van der Waals surface area (Å²) in [6, 6.07) is 7.58. The number of ether oxygens (including phenoxy) is 1. The van der Waals surface area contributed by atoms with Crippen LogP contribution in [0.25, 0.3) is 16.6 Å². The third kappa shape index (κ3) is 3.25. The summed E-state index contributed by atoms with van der Waals surface area (Å²) in [6.07, 6.45) is 1.58. The van der Waals surface area contributed by atoms with Crippen LogP contribution in [-0.2, 0) is 0 Å². The van der Waals surface area contributed by atoms with Crippen LogP contribution < -0.4 is 21.7 Å². The molecule has 1 aromatic carbocycles. The number of aromatic amines is 1. The van der Waals surface area contributed by atoms with Gasteiger partial charge in [0.1, 0.15) is 17.1 Å². The second-order valence-corrected chi connectivity index (χ2v) is 8.66. The van der Waals surface area contributed by atoms with Gasteiger partial charge < -0.3 is 10.5 Å². The minimum Gasteiger partial charge on any atom is -0.497 e. The second kappa shape index (κ2) is 7.52. The summed E-state index contributed by atoms with van der Waals surface area (Å²) < 4.78 is 8.51. The molecule has 0 spiro atoms. The van der Waals surface area contributed by atoms with Gasteiger partial charge >= 0.3 is 5.69 Å². The second-order valence-electron chi connectivity index (χ2n) is 7.72. The van der Waals surface area contributed by atoms with Crippen LogP contribution in [0.5, 0.6) is 5.75 Å². The quantitative estimate of drug-likeness (QED) is 0.334. The molecular formula is C21H20N6O4S. The molecule has 0 amide bonds. The normalized spacial score (nSPS) is 13.7. The van der Waals surface area contributed by atoms with Crippen LogP contribution in [0.1, 0.15) is 34.8 Å². The van der Waals surface area contributed by atoms with E-state index in [0.717, 1.165) is 41.1 Å². The summed E-state index contributed by atoms with van der Waals surface area (Å²) in [7, 11) is 1.59. The fourth-order valence-corrected chi connectivity index (χ4v) is 4.68. The van der Waals surface area contributed by atoms with E-state index in [2.05, 4.69) is 15.2 Å². The van der Waals surface area contributed by atoms with Crippen LogP contribution in [0.2, 0.25) is 0 Å². The highest BCUT2D eigenvalue weighted by Gasteiger charge is 2.30. The van der Waals surface area contributed by atoms with Gasteiger partial charge in [-0.05, 0) is 43.5 Å². The van der Waals surface area contributed by atoms with Crippen LogP contribution >= 0.6 is 11.8 Å². The molecule has 0 atom stereocenters. The number of anilines is 1. The van der Waals surface area contributed by atoms with Crippen LogP contribution in [0.15, 0.2) is 39.0 Å². The molecule has 3 aromatic heterocycles. The van der Waals surface area contributed by atoms with E-state index in [4.69, 9.17) is 10.5 Å². The Morgan fingerprint density at radius 1 is 1.28 bits per heavy atom. The van der Waals surface area contributed by atoms with Gasteiger partial charge in [-0.3, -0.25) is 23.5 Å². The Balaban J connectivity index is 1.52. The van der Waals surface area contributed by atoms with Crippen molar-refractivity contribution in [1.29, 1.82) is 0 Å². The Kier molecular flexibility index (Phi) is 4.77. The molecule has 5 rings (SSSR count). The summed E-state index contributed by atoms with van der Waals surface area (Å²) in [5, 5.41) is 9.96. The zero-order valence-electron chi connectivity index (χ0n) is 17.4. The number of H-pyrrole nitrogens is 1. The van der Waals surface area contributed by atoms with E-state index in [1.165, 1.54) is 4.57 Å². The standard InChI is InChI=1S/C21H20N6O4S/c1-10-7-16-24-25-21(27(16)14-8-12(31-2)5-6-13(10)14)32-9-15(28)17-18(22)26(11-3-4-11)20(30)23-19(17)29/h5-8,11H,3-4,9,22H2,1-2H3,(H,23,29,30). The number of ketones is 1. The Morgan fingerprint density at radius 2 is 2.06 bits per heavy atom. The molecule has 1 fully saturated rings. The molecule has 1 saturated carbocycles. The van der Waals surface area contributed by atoms with E-state index in [0.29, 0.717) is 16.6 Å². The van der Waals surface area contributed by atoms with Gasteiger partial charge in [-0.15, -0.1) is 10.2 Å². The van der Waals surface area contributed by atoms with Crippen molar-refractivity contribution in [2.24, 2.45) is 0 Å². The summed E-state index contributed by atoms with van der Waals surface area (Å²) in [6.45, 7) is 1.99. The Bertz CT molecular complexity index is 1520. The van der Waals surface area contributed by atoms with E-state index in [1.54, 1.807) is 7.11 Å². The van der Waals surface area contributed by atoms with Crippen LogP contribution in [0, 0.1) is 6.92 Å². The van der Waals surface area contributed by atoms with Crippen LogP contribution in [-0.4, -0.2) is 42.8 Å². The smallest absolute Gasteiger partial charge is 0.330 e. The first kappa shape index (κ1) is 20.3. The van der Waals surface area contributed by atoms with Gasteiger partial charge in [0.15, 0.2) is 16.6 Å². The number of hydrogen-bond donors (Lipinski definition) is 2. The minimum absolute atomic E-state index is 0.0661. The first-order valence-electron chi connectivity index (χ1n) is 10.0. The predicted molar refractivity (Wildman–Crippen MR) is 121 cm³/mol. The minimum atomic E-state index is -0.771. The number of methoxy groups -OCH3 is 1. The highest BCUT2D eigenvalue weighted by Crippen LogP contribution is 2.35. The van der Waals surface area contributed by atoms with Gasteiger partial charge in [-0.1, -0.05) is 11.8 Å². The molecule has 3 N–H and O–H groups in total. The summed E-state index contributed by atoms with van der Waals surface area (Å²) in [5.41, 5.74) is 7.03. The van der Waals surface area contributed by atoms with Crippen molar-refractivity contribution >= 4 is 39.9 Å². The molecule has 0 unspecified atom stereocenters. The molecule has 4 aromatic rings. The first-order valence-corrected chi connectivity index (χ1v) is 11.0. The lowest BCUT2D eigenvalue weighted by Crippen LogP contribution is -2.36. The molecule has 32 heavy (non-hydrogen) atoms. The number of carbonyl (C=O) groups excluding carboxylic acids is 1. The van der Waals surface area contributed by atoms with E-state index in [-0.39, 0.29) is 23.2 Å². The molecule has 3 heterocycles. The van der Waals surface area contributed by atoms with E-state index in [1.807, 2.05) is 35.6 Å². The van der Waals surface area contributed by atoms with Gasteiger partial charge in [0.05, 0.1) is 18.4 Å². The number of thioether (sulfide) groups is 1. The molecule has 164 valence electrons. The summed E-state index contributed by atoms with van der Waals surface area (Å²) >= 11 is 1.15. The first-order chi connectivity index (χ1) is 15.4. The number of pyridine rings is 1. The lowest BCUT2D eigenvalue weighted by atomic mass is 10.1. The molecule has 0 radical (unpaired) electrons. The van der Waals surface area contributed by atoms with Gasteiger partial charge in [-0.25, -0.2) is 4.79 Å². The molecule has 0 bridgehead atoms. The van der Waals surface area contributed by atoms with Gasteiger partial charge in [0.25, 0.3) is 5.56 Å². The maximum absolute atomic E-state index is 12.9. The maximum atomic E-state index is 12.9. The van der Waals surface area contributed by atoms with Crippen molar-refractivity contribution in [3.8, 4) is 5.75 Å². The van der Waals surface area contributed by atoms with E-state index >= 15 is 0 Å². The van der Waals surface area contributed by atoms with E-state index in [9.17, 15) is 14.4 Å². The number of nitrogens with one attached hydrogen (secondary N) is 1. The number of hydrogen-bond acceptors (Lipinski definition) is 8. The number of carbonyl (C=O) groups is 1. The lowest BCUT2D eigenvalue weighted by Gasteiger charge is -2.11. The highest BCUT2D eigenvalue weighted by molar-refractivity contribution is 7.99. The molecule has 10 nitrogen and oxygen atoms in total. The SMILES string of the molecule is COc1ccc2c(C)cc3nnc(SCC(=O)c4c(N)n(C5CC5)c(=O)[nH]c4=O)n3c2c1. The van der Waals surface area contributed by atoms with Gasteiger partial charge in [-0.2, -0.15) is 0 Å². The Labute approximate surface area is 185 Å². The zero-order valence-corrected chi connectivity index (χ0v) is 18.2. The average Bonchev–Trinajstić information content (AvgIpc) is 3.50. The van der Waals surface area contributed by atoms with Crippen molar-refractivity contribution in [2.45, 2.75) is 31.0 Å². The molecule has 11 heteroatoms. The number of nitrogen functional groups attached to an aromatic ring is 1. The molecule has 1 aliphatic rings. The fourth-order valence-electron chi connectivity index (χ4n) is 3.86. The highest BCUT2D eigenvalue weighted by atomic mass is 32.2. The predicted octanol–water partition coefficient (Wildman–Crippen LogP) is 1.94. The number of nitrogens with two attached hydrogens (primary N) is 1. The number of nitrogens with zero attached hydrogens (tertiary/aromatic N) is 4. The van der Waals surface area contributed by atoms with Crippen LogP contribution in [0.4, 0.5) is 5.82 Å². The maximum Gasteiger partial charge on any atom is 0.330 e. The molecular weight excluding hydrogens is 432 g/mol. The lowest BCUT2D eigenvalue weighted by molar-refractivity contribution is 0.102. The summed E-state index contributed by atoms with van der Waals surface area (Å²) in [5.74, 6) is 0.0421. The van der Waals surface area contributed by atoms with Crippen molar-refractivity contribution in [3.63, 3.8) is 0 Å². The number of fused-ring (bicyclic) bond motifs is 3. The van der Waals surface area contributed by atoms with Gasteiger partial charge in [0.2, 0.25) is 0 Å². The van der Waals surface area contributed by atoms with Crippen LogP contribution in [0.3, 0.4) is 0 Å². The fraction of sp³-hybridized carbons (Fsp3) is 0.286. The van der Waals surface area contributed by atoms with Crippen molar-refractivity contribution < 1.29 is 9.53 Å². The largest absolute Gasteiger partial charge is 0.497 e. The molecule has 0 saturated heterocycles. The third-order valence-corrected chi connectivity index (χ3v) is 6.51. The molecule has 1 aliphatic carbocycles. The van der Waals surface area contributed by atoms with Crippen molar-refractivity contribution in [3.05, 3.63) is 56.2 Å².